The predicted octanol–water partition coefficient (Wildman–Crippen LogP) is 4.80. The number of fused-ring (bicyclic) bond motifs is 3. The lowest BCUT2D eigenvalue weighted by Gasteiger charge is -2.34. The summed E-state index contributed by atoms with van der Waals surface area (Å²) >= 11 is 3.37. The molecule has 210 valence electrons. The highest BCUT2D eigenvalue weighted by Gasteiger charge is 2.51. The average molecular weight is 617 g/mol. The Hall–Kier alpha value is -3.99. The largest absolute Gasteiger partial charge is 0.326 e. The van der Waals surface area contributed by atoms with Crippen LogP contribution in [0.1, 0.15) is 53.6 Å². The Kier molecular flexibility index (Phi) is 6.93. The third-order valence-corrected chi connectivity index (χ3v) is 8.66. The maximum Gasteiger partial charge on any atom is 0.248 e. The van der Waals surface area contributed by atoms with E-state index in [0.717, 1.165) is 47.0 Å². The number of nitrogens with zero attached hydrogens (tertiary/aromatic N) is 6. The molecule has 4 aromatic rings. The van der Waals surface area contributed by atoms with Gasteiger partial charge in [0.1, 0.15) is 34.5 Å². The molecule has 10 nitrogen and oxygen atoms in total. The molecule has 1 saturated carbocycles. The van der Waals surface area contributed by atoms with Crippen molar-refractivity contribution >= 4 is 50.2 Å². The van der Waals surface area contributed by atoms with Gasteiger partial charge in [-0.25, -0.2) is 15.0 Å². The van der Waals surface area contributed by atoms with Crippen molar-refractivity contribution in [1.29, 1.82) is 0 Å². The van der Waals surface area contributed by atoms with Crippen LogP contribution >= 0.6 is 15.9 Å². The number of pyridine rings is 1. The van der Waals surface area contributed by atoms with Gasteiger partial charge in [0.25, 0.3) is 0 Å². The summed E-state index contributed by atoms with van der Waals surface area (Å²) in [5.41, 5.74) is 4.44. The first-order valence-corrected chi connectivity index (χ1v) is 14.5. The number of Topliss-reactive ketones (excluding diaryl/α,β-unsaturated/α-hetero) is 1. The minimum absolute atomic E-state index is 0.00292. The molecule has 0 spiro atoms. The summed E-state index contributed by atoms with van der Waals surface area (Å²) in [5.74, 6) is 0.648. The van der Waals surface area contributed by atoms with Crippen molar-refractivity contribution in [3.63, 3.8) is 0 Å². The van der Waals surface area contributed by atoms with Gasteiger partial charge in [-0.3, -0.25) is 19.1 Å². The second-order valence-corrected chi connectivity index (χ2v) is 11.8. The maximum absolute atomic E-state index is 13.9. The zero-order valence-electron chi connectivity index (χ0n) is 23.3. The van der Waals surface area contributed by atoms with Crippen molar-refractivity contribution in [2.75, 3.05) is 5.32 Å². The van der Waals surface area contributed by atoms with E-state index in [-0.39, 0.29) is 36.1 Å². The maximum atomic E-state index is 13.9. The topological polar surface area (TPSA) is 123 Å². The molecule has 1 saturated heterocycles. The van der Waals surface area contributed by atoms with Gasteiger partial charge in [0.05, 0.1) is 5.52 Å². The molecule has 0 unspecified atom stereocenters. The molecule has 2 amide bonds. The Morgan fingerprint density at radius 3 is 2.51 bits per heavy atom. The fraction of sp³-hybridized carbons (Fsp3) is 0.367. The van der Waals surface area contributed by atoms with Gasteiger partial charge in [-0.2, -0.15) is 5.10 Å². The Morgan fingerprint density at radius 1 is 1.02 bits per heavy atom. The number of aromatic nitrogens is 5. The number of hydrogen-bond acceptors (Lipinski definition) is 7. The van der Waals surface area contributed by atoms with E-state index in [4.69, 9.17) is 0 Å². The Labute approximate surface area is 245 Å². The van der Waals surface area contributed by atoms with Gasteiger partial charge in [-0.15, -0.1) is 0 Å². The van der Waals surface area contributed by atoms with Gasteiger partial charge in [0.2, 0.25) is 11.8 Å². The number of aryl methyl sites for hydroxylation is 3. The number of benzene rings is 1. The molecule has 3 aromatic heterocycles. The van der Waals surface area contributed by atoms with Gasteiger partial charge < -0.3 is 10.2 Å². The molecule has 2 bridgehead atoms. The minimum Gasteiger partial charge on any atom is -0.326 e. The van der Waals surface area contributed by atoms with Crippen LogP contribution in [0.4, 0.5) is 5.82 Å². The number of amides is 2. The first kappa shape index (κ1) is 27.2. The van der Waals surface area contributed by atoms with Crippen LogP contribution in [0.5, 0.6) is 0 Å². The number of likely N-dealkylation sites (tertiary alicyclic amines) is 1. The molecule has 11 heteroatoms. The van der Waals surface area contributed by atoms with Crippen LogP contribution in [0, 0.1) is 26.7 Å². The molecule has 41 heavy (non-hydrogen) atoms. The third-order valence-electron chi connectivity index (χ3n) is 8.21. The molecule has 2 aliphatic rings. The first-order chi connectivity index (χ1) is 19.6. The van der Waals surface area contributed by atoms with Crippen LogP contribution in [0.15, 0.2) is 41.3 Å². The lowest BCUT2D eigenvalue weighted by atomic mass is 9.97. The summed E-state index contributed by atoms with van der Waals surface area (Å²) in [5, 5.41) is 8.24. The molecule has 2 fully saturated rings. The quantitative estimate of drug-likeness (QED) is 0.244. The van der Waals surface area contributed by atoms with Crippen molar-refractivity contribution in [3.05, 3.63) is 63.9 Å². The monoisotopic (exact) mass is 615 g/mol. The van der Waals surface area contributed by atoms with Crippen LogP contribution in [-0.4, -0.2) is 59.3 Å². The third kappa shape index (κ3) is 4.92. The van der Waals surface area contributed by atoms with Crippen LogP contribution in [0.3, 0.4) is 0 Å². The first-order valence-electron chi connectivity index (χ1n) is 13.7. The van der Waals surface area contributed by atoms with Crippen molar-refractivity contribution in [3.8, 4) is 11.1 Å². The van der Waals surface area contributed by atoms with Crippen LogP contribution in [-0.2, 0) is 16.1 Å². The Bertz CT molecular complexity index is 1720. The summed E-state index contributed by atoms with van der Waals surface area (Å²) in [6, 6.07) is 7.02. The van der Waals surface area contributed by atoms with E-state index in [0.29, 0.717) is 27.3 Å². The molecule has 6 rings (SSSR count). The number of ketones is 1. The van der Waals surface area contributed by atoms with E-state index in [1.165, 1.54) is 6.92 Å². The Balaban J connectivity index is 1.32. The van der Waals surface area contributed by atoms with Gasteiger partial charge in [0.15, 0.2) is 5.78 Å². The highest BCUT2D eigenvalue weighted by molar-refractivity contribution is 9.10. The molecule has 1 N–H and O–H groups in total. The van der Waals surface area contributed by atoms with Gasteiger partial charge in [-0.1, -0.05) is 6.07 Å². The van der Waals surface area contributed by atoms with E-state index in [1.807, 2.05) is 45.0 Å². The van der Waals surface area contributed by atoms with Crippen LogP contribution in [0.25, 0.3) is 22.0 Å². The number of hydrogen-bond donors (Lipinski definition) is 1. The lowest BCUT2D eigenvalue weighted by Crippen LogP contribution is -2.52. The number of carbonyl (C=O) groups is 3. The normalized spacial score (nSPS) is 19.6. The van der Waals surface area contributed by atoms with Crippen molar-refractivity contribution in [2.24, 2.45) is 5.92 Å². The average Bonchev–Trinajstić information content (AvgIpc) is 3.65. The van der Waals surface area contributed by atoms with E-state index < -0.39 is 6.04 Å². The standard InChI is InChI=1S/C30H30BrN7O3/c1-15-5-8-24(31)34-29(15)35-30(41)28-19-6-7-22(10-19)38(28)25(40)14-37-27-16(2)9-20(21-12-32-18(4)33-13-21)11-23(27)26(36-37)17(3)39/h5,8-9,11-13,19,22,28H,6-7,10,14H2,1-4H3,(H,34,35,41)/t19-,22-,28-/m0/s1. The molecule has 1 aliphatic carbocycles. The van der Waals surface area contributed by atoms with E-state index in [1.54, 1.807) is 22.0 Å². The molecule has 3 atom stereocenters. The molecular formula is C30H30BrN7O3. The second-order valence-electron chi connectivity index (χ2n) is 11.0. The fourth-order valence-corrected chi connectivity index (χ4v) is 6.64. The summed E-state index contributed by atoms with van der Waals surface area (Å²) in [7, 11) is 0. The zero-order valence-corrected chi connectivity index (χ0v) is 24.9. The summed E-state index contributed by atoms with van der Waals surface area (Å²) in [6.45, 7) is 7.05. The predicted molar refractivity (Wildman–Crippen MR) is 157 cm³/mol. The van der Waals surface area contributed by atoms with E-state index in [2.05, 4.69) is 41.3 Å². The number of piperidine rings is 1. The molecule has 4 heterocycles. The SMILES string of the molecule is CC(=O)c1nn(CC(=O)N2[C@H]3CC[C@@H](C3)[C@H]2C(=O)Nc2nc(Br)ccc2C)c2c(C)cc(-c3cnc(C)nc3)cc12. The summed E-state index contributed by atoms with van der Waals surface area (Å²) < 4.78 is 2.24. The van der Waals surface area contributed by atoms with Gasteiger partial charge in [-0.05, 0) is 96.8 Å². The van der Waals surface area contributed by atoms with E-state index in [9.17, 15) is 14.4 Å². The minimum atomic E-state index is -0.579. The second kappa shape index (κ2) is 10.4. The Morgan fingerprint density at radius 2 is 1.78 bits per heavy atom. The highest BCUT2D eigenvalue weighted by atomic mass is 79.9. The number of halogens is 1. The molecular weight excluding hydrogens is 586 g/mol. The lowest BCUT2D eigenvalue weighted by molar-refractivity contribution is -0.141. The van der Waals surface area contributed by atoms with E-state index >= 15 is 0 Å². The van der Waals surface area contributed by atoms with Gasteiger partial charge in [0, 0.05) is 36.3 Å². The number of carbonyl (C=O) groups excluding carboxylic acids is 3. The number of rotatable bonds is 6. The summed E-state index contributed by atoms with van der Waals surface area (Å²) in [4.78, 5) is 54.8. The van der Waals surface area contributed by atoms with Crippen molar-refractivity contribution < 1.29 is 14.4 Å². The van der Waals surface area contributed by atoms with Crippen molar-refractivity contribution in [2.45, 2.75) is 65.6 Å². The van der Waals surface area contributed by atoms with Crippen molar-refractivity contribution in [1.82, 2.24) is 29.6 Å². The smallest absolute Gasteiger partial charge is 0.248 e. The number of anilines is 1. The molecule has 0 radical (unpaired) electrons. The zero-order chi connectivity index (χ0) is 29.0. The van der Waals surface area contributed by atoms with Crippen LogP contribution in [0.2, 0.25) is 0 Å². The fourth-order valence-electron chi connectivity index (χ4n) is 6.33. The molecule has 1 aromatic carbocycles. The highest BCUT2D eigenvalue weighted by Crippen LogP contribution is 2.43. The van der Waals surface area contributed by atoms with Gasteiger partial charge >= 0.3 is 0 Å². The summed E-state index contributed by atoms with van der Waals surface area (Å²) in [6.07, 6.45) is 6.08. The number of nitrogens with one attached hydrogen (secondary N) is 1. The molecule has 1 aliphatic heterocycles. The van der Waals surface area contributed by atoms with Crippen LogP contribution < -0.4 is 5.32 Å².